The summed E-state index contributed by atoms with van der Waals surface area (Å²) in [6, 6.07) is 10.3. The Bertz CT molecular complexity index is 1240. The van der Waals surface area contributed by atoms with Crippen LogP contribution in [0.15, 0.2) is 58.3 Å². The van der Waals surface area contributed by atoms with Crippen molar-refractivity contribution < 1.29 is 14.3 Å². The molecule has 3 aromatic heterocycles. The van der Waals surface area contributed by atoms with E-state index >= 15 is 0 Å². The van der Waals surface area contributed by atoms with Gasteiger partial charge >= 0.3 is 5.97 Å². The minimum Gasteiger partial charge on any atom is -0.425 e. The van der Waals surface area contributed by atoms with Gasteiger partial charge < -0.3 is 10.1 Å². The largest absolute Gasteiger partial charge is 0.425 e. The second-order valence-electron chi connectivity index (χ2n) is 6.16. The first kappa shape index (κ1) is 19.0. The van der Waals surface area contributed by atoms with Crippen molar-refractivity contribution >= 4 is 50.5 Å². The number of hydrogen-bond acceptors (Lipinski definition) is 7. The van der Waals surface area contributed by atoms with Gasteiger partial charge in [-0.2, -0.15) is 0 Å². The van der Waals surface area contributed by atoms with Crippen molar-refractivity contribution in [1.82, 2.24) is 9.55 Å². The molecule has 0 aliphatic carbocycles. The first-order valence-corrected chi connectivity index (χ1v) is 10.4. The molecule has 3 heterocycles. The van der Waals surface area contributed by atoms with E-state index < -0.39 is 5.97 Å². The monoisotopic (exact) mass is 425 g/mol. The van der Waals surface area contributed by atoms with Crippen molar-refractivity contribution in [2.75, 3.05) is 5.32 Å². The van der Waals surface area contributed by atoms with Crippen molar-refractivity contribution in [3.05, 3.63) is 63.8 Å². The van der Waals surface area contributed by atoms with E-state index in [1.165, 1.54) is 29.2 Å². The molecule has 0 spiro atoms. The Morgan fingerprint density at radius 2 is 1.97 bits per heavy atom. The molecule has 0 atom stereocenters. The number of nitrogens with one attached hydrogen (secondary N) is 1. The maximum atomic E-state index is 12.9. The first-order chi connectivity index (χ1) is 14.0. The Balaban J connectivity index is 1.54. The molecule has 4 aromatic rings. The van der Waals surface area contributed by atoms with Gasteiger partial charge in [0.2, 0.25) is 5.91 Å². The maximum absolute atomic E-state index is 12.9. The SMILES string of the molecule is CC(=O)Nc1ccc(OC(=O)Cn2cnc3scc(-c4cccs4)c3c2=O)cc1. The number of carbonyl (C=O) groups is 2. The Hall–Kier alpha value is -3.30. The second-order valence-corrected chi connectivity index (χ2v) is 7.97. The lowest BCUT2D eigenvalue weighted by atomic mass is 10.2. The number of aromatic nitrogens is 2. The lowest BCUT2D eigenvalue weighted by Gasteiger charge is -2.08. The predicted octanol–water partition coefficient (Wildman–Crippen LogP) is 3.75. The van der Waals surface area contributed by atoms with Gasteiger partial charge in [0.25, 0.3) is 5.56 Å². The van der Waals surface area contributed by atoms with Crippen LogP contribution in [-0.2, 0) is 16.1 Å². The number of carbonyl (C=O) groups excluding carboxylic acids is 2. The van der Waals surface area contributed by atoms with Gasteiger partial charge in [0.15, 0.2) is 0 Å². The number of hydrogen-bond donors (Lipinski definition) is 1. The molecule has 0 unspecified atom stereocenters. The predicted molar refractivity (Wildman–Crippen MR) is 114 cm³/mol. The summed E-state index contributed by atoms with van der Waals surface area (Å²) in [5.41, 5.74) is 1.15. The van der Waals surface area contributed by atoms with E-state index in [1.807, 2.05) is 22.9 Å². The van der Waals surface area contributed by atoms with Gasteiger partial charge in [-0.3, -0.25) is 14.2 Å². The maximum Gasteiger partial charge on any atom is 0.331 e. The fraction of sp³-hybridized carbons (Fsp3) is 0.100. The number of ether oxygens (including phenoxy) is 1. The zero-order chi connectivity index (χ0) is 20.4. The first-order valence-electron chi connectivity index (χ1n) is 8.60. The molecule has 9 heteroatoms. The van der Waals surface area contributed by atoms with Crippen LogP contribution in [0.2, 0.25) is 0 Å². The molecule has 1 amide bonds. The Labute approximate surface area is 173 Å². The summed E-state index contributed by atoms with van der Waals surface area (Å²) in [5, 5.41) is 6.99. The minimum atomic E-state index is -0.589. The zero-order valence-corrected chi connectivity index (χ0v) is 16.9. The molecule has 1 N–H and O–H groups in total. The van der Waals surface area contributed by atoms with Crippen LogP contribution >= 0.6 is 22.7 Å². The number of fused-ring (bicyclic) bond motifs is 1. The highest BCUT2D eigenvalue weighted by atomic mass is 32.1. The highest BCUT2D eigenvalue weighted by Crippen LogP contribution is 2.33. The highest BCUT2D eigenvalue weighted by molar-refractivity contribution is 7.18. The van der Waals surface area contributed by atoms with Gasteiger partial charge in [0.05, 0.1) is 11.7 Å². The Morgan fingerprint density at radius 1 is 1.17 bits per heavy atom. The van der Waals surface area contributed by atoms with Gasteiger partial charge in [-0.25, -0.2) is 9.78 Å². The summed E-state index contributed by atoms with van der Waals surface area (Å²) in [6.07, 6.45) is 1.36. The molecule has 146 valence electrons. The number of anilines is 1. The summed E-state index contributed by atoms with van der Waals surface area (Å²) >= 11 is 2.94. The summed E-state index contributed by atoms with van der Waals surface area (Å²) < 4.78 is 6.55. The van der Waals surface area contributed by atoms with Crippen LogP contribution in [-0.4, -0.2) is 21.4 Å². The summed E-state index contributed by atoms with van der Waals surface area (Å²) in [4.78, 5) is 42.2. The van der Waals surface area contributed by atoms with Crippen LogP contribution in [0.5, 0.6) is 5.75 Å². The fourth-order valence-electron chi connectivity index (χ4n) is 2.81. The van der Waals surface area contributed by atoms with E-state index in [-0.39, 0.29) is 18.0 Å². The van der Waals surface area contributed by atoms with Crippen LogP contribution < -0.4 is 15.6 Å². The second kappa shape index (κ2) is 7.98. The van der Waals surface area contributed by atoms with Gasteiger partial charge in [-0.1, -0.05) is 6.07 Å². The standard InChI is InChI=1S/C20H15N3O4S2/c1-12(24)22-13-4-6-14(7-5-13)27-17(25)9-23-11-21-19-18(20(23)26)15(10-29-19)16-3-2-8-28-16/h2-8,10-11H,9H2,1H3,(H,22,24). The number of amides is 1. The number of nitrogens with zero attached hydrogens (tertiary/aromatic N) is 2. The molecule has 1 aromatic carbocycles. The smallest absolute Gasteiger partial charge is 0.331 e. The molecule has 0 radical (unpaired) electrons. The van der Waals surface area contributed by atoms with E-state index in [0.717, 1.165) is 10.4 Å². The third-order valence-electron chi connectivity index (χ3n) is 4.05. The number of rotatable bonds is 5. The van der Waals surface area contributed by atoms with Gasteiger partial charge in [-0.15, -0.1) is 22.7 Å². The molecule has 0 aliphatic heterocycles. The average molecular weight is 425 g/mol. The molecule has 7 nitrogen and oxygen atoms in total. The molecule has 0 fully saturated rings. The van der Waals surface area contributed by atoms with Crippen LogP contribution in [0.3, 0.4) is 0 Å². The zero-order valence-electron chi connectivity index (χ0n) is 15.2. The quantitative estimate of drug-likeness (QED) is 0.388. The average Bonchev–Trinajstić information content (AvgIpc) is 3.35. The molecule has 4 rings (SSSR count). The minimum absolute atomic E-state index is 0.188. The number of benzene rings is 1. The van der Waals surface area contributed by atoms with Crippen molar-refractivity contribution in [1.29, 1.82) is 0 Å². The van der Waals surface area contributed by atoms with Gasteiger partial charge in [-0.05, 0) is 35.7 Å². The lowest BCUT2D eigenvalue weighted by molar-refractivity contribution is -0.135. The van der Waals surface area contributed by atoms with Crippen molar-refractivity contribution in [2.45, 2.75) is 13.5 Å². The molecule has 29 heavy (non-hydrogen) atoms. The summed E-state index contributed by atoms with van der Waals surface area (Å²) in [6.45, 7) is 1.16. The molecule has 0 aliphatic rings. The lowest BCUT2D eigenvalue weighted by Crippen LogP contribution is -2.26. The van der Waals surface area contributed by atoms with E-state index in [9.17, 15) is 14.4 Å². The Kier molecular flexibility index (Phi) is 5.24. The van der Waals surface area contributed by atoms with Crippen LogP contribution in [0.25, 0.3) is 20.7 Å². The molecule has 0 saturated heterocycles. The van der Waals surface area contributed by atoms with Crippen LogP contribution in [0.4, 0.5) is 5.69 Å². The number of thiophene rings is 2. The van der Waals surface area contributed by atoms with Crippen LogP contribution in [0, 0.1) is 0 Å². The van der Waals surface area contributed by atoms with Gasteiger partial charge in [0, 0.05) is 28.4 Å². The van der Waals surface area contributed by atoms with Crippen molar-refractivity contribution in [3.63, 3.8) is 0 Å². The highest BCUT2D eigenvalue weighted by Gasteiger charge is 2.16. The summed E-state index contributed by atoms with van der Waals surface area (Å²) in [7, 11) is 0. The normalized spacial score (nSPS) is 10.8. The van der Waals surface area contributed by atoms with Crippen LogP contribution in [0.1, 0.15) is 6.92 Å². The third kappa shape index (κ3) is 4.10. The van der Waals surface area contributed by atoms with E-state index in [4.69, 9.17) is 4.74 Å². The van der Waals surface area contributed by atoms with Crippen molar-refractivity contribution in [2.24, 2.45) is 0 Å². The van der Waals surface area contributed by atoms with Crippen molar-refractivity contribution in [3.8, 4) is 16.2 Å². The Morgan fingerprint density at radius 3 is 2.66 bits per heavy atom. The molecular formula is C20H15N3O4S2. The molecular weight excluding hydrogens is 410 g/mol. The summed E-state index contributed by atoms with van der Waals surface area (Å²) in [5.74, 6) is -0.457. The molecule has 0 saturated carbocycles. The topological polar surface area (TPSA) is 90.3 Å². The third-order valence-corrected chi connectivity index (χ3v) is 5.84. The fourth-order valence-corrected chi connectivity index (χ4v) is 4.53. The van der Waals surface area contributed by atoms with E-state index in [1.54, 1.807) is 35.6 Å². The molecule has 0 bridgehead atoms. The van der Waals surface area contributed by atoms with Gasteiger partial charge in [0.1, 0.15) is 17.1 Å². The number of esters is 1. The van der Waals surface area contributed by atoms with E-state index in [0.29, 0.717) is 21.7 Å². The van der Waals surface area contributed by atoms with E-state index in [2.05, 4.69) is 10.3 Å².